The van der Waals surface area contributed by atoms with Crippen molar-refractivity contribution in [2.75, 3.05) is 13.2 Å². The van der Waals surface area contributed by atoms with Gasteiger partial charge in [0.1, 0.15) is 5.76 Å². The largest absolute Gasteiger partial charge is 0.468 e. The Morgan fingerprint density at radius 3 is 3.05 bits per heavy atom. The summed E-state index contributed by atoms with van der Waals surface area (Å²) in [7, 11) is 0. The predicted molar refractivity (Wildman–Crippen MR) is 83.2 cm³/mol. The Labute approximate surface area is 126 Å². The lowest BCUT2D eigenvalue weighted by molar-refractivity contribution is 0.0415. The molecule has 2 aromatic rings. The molecule has 21 heavy (non-hydrogen) atoms. The second-order valence-electron chi connectivity index (χ2n) is 5.64. The number of rotatable bonds is 6. The zero-order valence-corrected chi connectivity index (χ0v) is 12.5. The van der Waals surface area contributed by atoms with E-state index in [1.165, 1.54) is 24.0 Å². The molecule has 112 valence electrons. The van der Waals surface area contributed by atoms with E-state index < -0.39 is 0 Å². The van der Waals surface area contributed by atoms with Crippen LogP contribution in [0.5, 0.6) is 0 Å². The molecule has 0 radical (unpaired) electrons. The molecule has 1 heterocycles. The van der Waals surface area contributed by atoms with Gasteiger partial charge in [-0.15, -0.1) is 0 Å². The van der Waals surface area contributed by atoms with E-state index in [0.717, 1.165) is 25.3 Å². The third-order valence-electron chi connectivity index (χ3n) is 4.16. The summed E-state index contributed by atoms with van der Waals surface area (Å²) in [4.78, 5) is 0. The average molecular weight is 285 g/mol. The van der Waals surface area contributed by atoms with Crippen LogP contribution in [0.3, 0.4) is 0 Å². The standard InChI is InChI=1S/C18H23NO2/c1-14(17-10-5-12-20-17)19-11-13-21-18-9-4-7-15-6-2-3-8-16(15)18/h2-3,5-6,8,10,12,14,18-19H,4,7,9,11,13H2,1H3. The van der Waals surface area contributed by atoms with Crippen molar-refractivity contribution < 1.29 is 9.15 Å². The van der Waals surface area contributed by atoms with E-state index in [0.29, 0.717) is 0 Å². The first-order chi connectivity index (χ1) is 10.3. The van der Waals surface area contributed by atoms with Crippen LogP contribution in [0.2, 0.25) is 0 Å². The molecule has 0 bridgehead atoms. The highest BCUT2D eigenvalue weighted by atomic mass is 16.5. The van der Waals surface area contributed by atoms with Gasteiger partial charge in [-0.05, 0) is 49.4 Å². The minimum absolute atomic E-state index is 0.224. The van der Waals surface area contributed by atoms with Crippen LogP contribution < -0.4 is 5.32 Å². The quantitative estimate of drug-likeness (QED) is 0.814. The third-order valence-corrected chi connectivity index (χ3v) is 4.16. The lowest BCUT2D eigenvalue weighted by atomic mass is 9.89. The summed E-state index contributed by atoms with van der Waals surface area (Å²) in [5, 5.41) is 3.43. The van der Waals surface area contributed by atoms with Crippen LogP contribution >= 0.6 is 0 Å². The molecule has 0 fully saturated rings. The molecule has 3 rings (SSSR count). The van der Waals surface area contributed by atoms with Crippen molar-refractivity contribution in [1.29, 1.82) is 0 Å². The van der Waals surface area contributed by atoms with Crippen LogP contribution in [0, 0.1) is 0 Å². The number of furan rings is 1. The minimum Gasteiger partial charge on any atom is -0.468 e. The molecule has 1 aromatic carbocycles. The highest BCUT2D eigenvalue weighted by molar-refractivity contribution is 5.31. The van der Waals surface area contributed by atoms with Crippen molar-refractivity contribution in [1.82, 2.24) is 5.32 Å². The highest BCUT2D eigenvalue weighted by Crippen LogP contribution is 2.32. The molecule has 1 N–H and O–H groups in total. The molecule has 0 spiro atoms. The fourth-order valence-electron chi connectivity index (χ4n) is 3.00. The summed E-state index contributed by atoms with van der Waals surface area (Å²) in [6.07, 6.45) is 5.51. The van der Waals surface area contributed by atoms with Crippen molar-refractivity contribution in [2.24, 2.45) is 0 Å². The molecule has 2 atom stereocenters. The van der Waals surface area contributed by atoms with Gasteiger partial charge in [-0.3, -0.25) is 0 Å². The Balaban J connectivity index is 1.46. The fourth-order valence-corrected chi connectivity index (χ4v) is 3.00. The van der Waals surface area contributed by atoms with Gasteiger partial charge in [0.05, 0.1) is 25.0 Å². The number of hydrogen-bond donors (Lipinski definition) is 1. The Bertz CT molecular complexity index is 550. The molecule has 0 saturated carbocycles. The van der Waals surface area contributed by atoms with Crippen molar-refractivity contribution in [2.45, 2.75) is 38.3 Å². The van der Waals surface area contributed by atoms with Gasteiger partial charge in [0.25, 0.3) is 0 Å². The Kier molecular flexibility index (Phi) is 4.73. The summed E-state index contributed by atoms with van der Waals surface area (Å²) in [6, 6.07) is 12.8. The van der Waals surface area contributed by atoms with Gasteiger partial charge in [0.15, 0.2) is 0 Å². The van der Waals surface area contributed by atoms with Crippen LogP contribution in [0.1, 0.15) is 48.8 Å². The minimum atomic E-state index is 0.224. The first-order valence-electron chi connectivity index (χ1n) is 7.81. The first-order valence-corrected chi connectivity index (χ1v) is 7.81. The second kappa shape index (κ2) is 6.92. The van der Waals surface area contributed by atoms with E-state index in [2.05, 4.69) is 36.5 Å². The lowest BCUT2D eigenvalue weighted by Gasteiger charge is -2.26. The maximum Gasteiger partial charge on any atom is 0.120 e. The van der Waals surface area contributed by atoms with E-state index in [9.17, 15) is 0 Å². The molecule has 1 aromatic heterocycles. The van der Waals surface area contributed by atoms with Crippen molar-refractivity contribution in [3.05, 3.63) is 59.5 Å². The normalized spacial score (nSPS) is 19.2. The maximum absolute atomic E-state index is 6.08. The SMILES string of the molecule is CC(NCCOC1CCCc2ccccc21)c1ccco1. The smallest absolute Gasteiger partial charge is 0.120 e. The fraction of sp³-hybridized carbons (Fsp3) is 0.444. The summed E-state index contributed by atoms with van der Waals surface area (Å²) in [5.74, 6) is 0.970. The summed E-state index contributed by atoms with van der Waals surface area (Å²) in [5.41, 5.74) is 2.83. The summed E-state index contributed by atoms with van der Waals surface area (Å²) in [6.45, 7) is 3.67. The summed E-state index contributed by atoms with van der Waals surface area (Å²) < 4.78 is 11.5. The zero-order valence-electron chi connectivity index (χ0n) is 12.5. The van der Waals surface area contributed by atoms with E-state index >= 15 is 0 Å². The molecule has 0 amide bonds. The molecular weight excluding hydrogens is 262 g/mol. The third kappa shape index (κ3) is 3.55. The van der Waals surface area contributed by atoms with Crippen LogP contribution in [0.15, 0.2) is 47.1 Å². The molecule has 3 nitrogen and oxygen atoms in total. The van der Waals surface area contributed by atoms with Gasteiger partial charge in [-0.25, -0.2) is 0 Å². The van der Waals surface area contributed by atoms with Gasteiger partial charge >= 0.3 is 0 Å². The zero-order chi connectivity index (χ0) is 14.5. The second-order valence-corrected chi connectivity index (χ2v) is 5.64. The predicted octanol–water partition coefficient (Wildman–Crippen LogP) is 4.02. The number of aryl methyl sites for hydroxylation is 1. The molecule has 3 heteroatoms. The number of hydrogen-bond acceptors (Lipinski definition) is 3. The molecule has 2 unspecified atom stereocenters. The van der Waals surface area contributed by atoms with Gasteiger partial charge in [-0.2, -0.15) is 0 Å². The Morgan fingerprint density at radius 2 is 2.19 bits per heavy atom. The topological polar surface area (TPSA) is 34.4 Å². The van der Waals surface area contributed by atoms with Crippen molar-refractivity contribution in [3.8, 4) is 0 Å². The number of fused-ring (bicyclic) bond motifs is 1. The first kappa shape index (κ1) is 14.4. The van der Waals surface area contributed by atoms with E-state index in [-0.39, 0.29) is 12.1 Å². The molecule has 0 saturated heterocycles. The lowest BCUT2D eigenvalue weighted by Crippen LogP contribution is -2.24. The van der Waals surface area contributed by atoms with Crippen LogP contribution in [0.4, 0.5) is 0 Å². The van der Waals surface area contributed by atoms with Crippen molar-refractivity contribution in [3.63, 3.8) is 0 Å². The molecule has 1 aliphatic rings. The number of ether oxygens (including phenoxy) is 1. The number of benzene rings is 1. The van der Waals surface area contributed by atoms with E-state index in [1.807, 2.05) is 12.1 Å². The monoisotopic (exact) mass is 285 g/mol. The van der Waals surface area contributed by atoms with Gasteiger partial charge in [0, 0.05) is 6.54 Å². The Hall–Kier alpha value is -1.58. The number of nitrogens with one attached hydrogen (secondary N) is 1. The highest BCUT2D eigenvalue weighted by Gasteiger charge is 2.20. The van der Waals surface area contributed by atoms with Crippen molar-refractivity contribution >= 4 is 0 Å². The average Bonchev–Trinajstić information content (AvgIpc) is 3.06. The molecule has 1 aliphatic carbocycles. The molecule has 0 aliphatic heterocycles. The van der Waals surface area contributed by atoms with Gasteiger partial charge < -0.3 is 14.5 Å². The van der Waals surface area contributed by atoms with Gasteiger partial charge in [0.2, 0.25) is 0 Å². The van der Waals surface area contributed by atoms with E-state index in [1.54, 1.807) is 6.26 Å². The van der Waals surface area contributed by atoms with Gasteiger partial charge in [-0.1, -0.05) is 24.3 Å². The Morgan fingerprint density at radius 1 is 1.29 bits per heavy atom. The maximum atomic E-state index is 6.08. The summed E-state index contributed by atoms with van der Waals surface area (Å²) >= 11 is 0. The van der Waals surface area contributed by atoms with Crippen LogP contribution in [-0.2, 0) is 11.2 Å². The molecular formula is C18H23NO2. The van der Waals surface area contributed by atoms with Crippen LogP contribution in [0.25, 0.3) is 0 Å². The van der Waals surface area contributed by atoms with Crippen LogP contribution in [-0.4, -0.2) is 13.2 Å². The van der Waals surface area contributed by atoms with E-state index in [4.69, 9.17) is 9.15 Å².